The van der Waals surface area contributed by atoms with Crippen molar-refractivity contribution in [2.45, 2.75) is 0 Å². The summed E-state index contributed by atoms with van der Waals surface area (Å²) >= 11 is 0. The standard InChI is InChI=1S/C14H15NO/c16-12-7-5-3-1-2-4-6-9-14-10-8-11-15-13-14/h1-11,13,16H,12H2/b3-1+,4-2+,7-5+,9-6+. The Morgan fingerprint density at radius 1 is 1.06 bits per heavy atom. The fourth-order valence-corrected chi connectivity index (χ4v) is 1.04. The molecule has 2 nitrogen and oxygen atoms in total. The highest BCUT2D eigenvalue weighted by atomic mass is 16.2. The first-order chi connectivity index (χ1) is 7.93. The van der Waals surface area contributed by atoms with E-state index in [0.29, 0.717) is 0 Å². The summed E-state index contributed by atoms with van der Waals surface area (Å²) in [6.07, 6.45) is 18.6. The quantitative estimate of drug-likeness (QED) is 0.763. The van der Waals surface area contributed by atoms with E-state index in [9.17, 15) is 0 Å². The van der Waals surface area contributed by atoms with E-state index in [1.54, 1.807) is 18.3 Å². The van der Waals surface area contributed by atoms with Gasteiger partial charge in [0, 0.05) is 12.4 Å². The largest absolute Gasteiger partial charge is 0.392 e. The van der Waals surface area contributed by atoms with E-state index in [2.05, 4.69) is 4.98 Å². The van der Waals surface area contributed by atoms with Crippen molar-refractivity contribution in [2.24, 2.45) is 0 Å². The summed E-state index contributed by atoms with van der Waals surface area (Å²) in [6, 6.07) is 3.90. The maximum Gasteiger partial charge on any atom is 0.0615 e. The van der Waals surface area contributed by atoms with Crippen molar-refractivity contribution in [3.05, 3.63) is 72.6 Å². The van der Waals surface area contributed by atoms with Crippen molar-refractivity contribution in [3.8, 4) is 0 Å². The Balaban J connectivity index is 2.34. The van der Waals surface area contributed by atoms with Crippen molar-refractivity contribution in [2.75, 3.05) is 6.61 Å². The van der Waals surface area contributed by atoms with Crippen LogP contribution in [0.3, 0.4) is 0 Å². The van der Waals surface area contributed by atoms with Gasteiger partial charge in [-0.3, -0.25) is 4.98 Å². The lowest BCUT2D eigenvalue weighted by molar-refractivity contribution is 0.343. The maximum absolute atomic E-state index is 8.48. The fraction of sp³-hybridized carbons (Fsp3) is 0.0714. The van der Waals surface area contributed by atoms with Crippen molar-refractivity contribution in [1.29, 1.82) is 0 Å². The summed E-state index contributed by atoms with van der Waals surface area (Å²) in [7, 11) is 0. The van der Waals surface area contributed by atoms with Crippen LogP contribution in [0, 0.1) is 0 Å². The third-order valence-electron chi connectivity index (χ3n) is 1.77. The lowest BCUT2D eigenvalue weighted by Gasteiger charge is -1.87. The van der Waals surface area contributed by atoms with E-state index in [1.807, 2.05) is 54.8 Å². The third kappa shape index (κ3) is 5.73. The van der Waals surface area contributed by atoms with Gasteiger partial charge in [-0.25, -0.2) is 0 Å². The zero-order valence-electron chi connectivity index (χ0n) is 9.03. The molecule has 0 aliphatic heterocycles. The van der Waals surface area contributed by atoms with E-state index < -0.39 is 0 Å². The van der Waals surface area contributed by atoms with Crippen LogP contribution in [0.2, 0.25) is 0 Å². The molecule has 1 heterocycles. The fourth-order valence-electron chi connectivity index (χ4n) is 1.04. The minimum absolute atomic E-state index is 0.0783. The third-order valence-corrected chi connectivity index (χ3v) is 1.77. The highest BCUT2D eigenvalue weighted by Gasteiger charge is 1.79. The van der Waals surface area contributed by atoms with Gasteiger partial charge in [0.25, 0.3) is 0 Å². The molecule has 0 saturated carbocycles. The first-order valence-electron chi connectivity index (χ1n) is 5.11. The SMILES string of the molecule is OC/C=C/C=C/C=C/C=C/c1cccnc1. The van der Waals surface area contributed by atoms with E-state index in [4.69, 9.17) is 5.11 Å². The predicted molar refractivity (Wildman–Crippen MR) is 67.8 cm³/mol. The number of hydrogen-bond acceptors (Lipinski definition) is 2. The number of hydrogen-bond donors (Lipinski definition) is 1. The first-order valence-corrected chi connectivity index (χ1v) is 5.11. The van der Waals surface area contributed by atoms with Crippen LogP contribution >= 0.6 is 0 Å². The number of aliphatic hydroxyl groups is 1. The molecule has 0 aliphatic carbocycles. The number of aromatic nitrogens is 1. The molecule has 2 heteroatoms. The Morgan fingerprint density at radius 2 is 1.81 bits per heavy atom. The van der Waals surface area contributed by atoms with Crippen LogP contribution in [-0.2, 0) is 0 Å². The summed E-state index contributed by atoms with van der Waals surface area (Å²) in [4.78, 5) is 4.01. The van der Waals surface area contributed by atoms with E-state index >= 15 is 0 Å². The van der Waals surface area contributed by atoms with E-state index in [0.717, 1.165) is 5.56 Å². The molecule has 0 spiro atoms. The highest BCUT2D eigenvalue weighted by Crippen LogP contribution is 1.98. The monoisotopic (exact) mass is 213 g/mol. The molecule has 0 fully saturated rings. The molecule has 0 atom stereocenters. The van der Waals surface area contributed by atoms with Crippen LogP contribution in [0.15, 0.2) is 67.1 Å². The van der Waals surface area contributed by atoms with Gasteiger partial charge in [-0.1, -0.05) is 54.7 Å². The van der Waals surface area contributed by atoms with Crippen molar-refractivity contribution >= 4 is 6.08 Å². The van der Waals surface area contributed by atoms with Gasteiger partial charge in [0.2, 0.25) is 0 Å². The Kier molecular flexibility index (Phi) is 6.36. The van der Waals surface area contributed by atoms with Crippen LogP contribution < -0.4 is 0 Å². The molecule has 0 bridgehead atoms. The van der Waals surface area contributed by atoms with Gasteiger partial charge in [-0.2, -0.15) is 0 Å². The van der Waals surface area contributed by atoms with Crippen LogP contribution in [-0.4, -0.2) is 16.7 Å². The zero-order chi connectivity index (χ0) is 11.5. The number of rotatable bonds is 5. The molecule has 1 aromatic heterocycles. The molecule has 1 aromatic rings. The van der Waals surface area contributed by atoms with Crippen LogP contribution in [0.25, 0.3) is 6.08 Å². The molecule has 0 amide bonds. The van der Waals surface area contributed by atoms with E-state index in [1.165, 1.54) is 0 Å². The van der Waals surface area contributed by atoms with Crippen molar-refractivity contribution < 1.29 is 5.11 Å². The number of pyridine rings is 1. The molecule has 1 N–H and O–H groups in total. The van der Waals surface area contributed by atoms with Gasteiger partial charge in [0.1, 0.15) is 0 Å². The van der Waals surface area contributed by atoms with Crippen LogP contribution in [0.5, 0.6) is 0 Å². The normalized spacial score (nSPS) is 12.6. The number of aliphatic hydroxyl groups excluding tert-OH is 1. The molecular weight excluding hydrogens is 198 g/mol. The summed E-state index contributed by atoms with van der Waals surface area (Å²) < 4.78 is 0. The van der Waals surface area contributed by atoms with Gasteiger partial charge in [0.05, 0.1) is 6.61 Å². The average molecular weight is 213 g/mol. The number of nitrogens with zero attached hydrogens (tertiary/aromatic N) is 1. The molecule has 0 aromatic carbocycles. The van der Waals surface area contributed by atoms with Crippen molar-refractivity contribution in [3.63, 3.8) is 0 Å². The lowest BCUT2D eigenvalue weighted by Crippen LogP contribution is -1.71. The van der Waals surface area contributed by atoms with Gasteiger partial charge >= 0.3 is 0 Å². The molecular formula is C14H15NO. The minimum atomic E-state index is 0.0783. The molecule has 82 valence electrons. The van der Waals surface area contributed by atoms with Crippen LogP contribution in [0.1, 0.15) is 5.56 Å². The van der Waals surface area contributed by atoms with E-state index in [-0.39, 0.29) is 6.61 Å². The molecule has 1 rings (SSSR count). The molecule has 0 unspecified atom stereocenters. The second kappa shape index (κ2) is 8.38. The second-order valence-corrected chi connectivity index (χ2v) is 3.03. The molecule has 0 aliphatic rings. The Bertz CT molecular complexity index is 388. The Labute approximate surface area is 96.0 Å². The maximum atomic E-state index is 8.48. The summed E-state index contributed by atoms with van der Waals surface area (Å²) in [5.41, 5.74) is 1.08. The first kappa shape index (κ1) is 12.1. The minimum Gasteiger partial charge on any atom is -0.392 e. The van der Waals surface area contributed by atoms with Gasteiger partial charge in [-0.05, 0) is 11.6 Å². The predicted octanol–water partition coefficient (Wildman–Crippen LogP) is 2.76. The summed E-state index contributed by atoms with van der Waals surface area (Å²) in [5.74, 6) is 0. The second-order valence-electron chi connectivity index (χ2n) is 3.03. The molecule has 0 radical (unpaired) electrons. The smallest absolute Gasteiger partial charge is 0.0615 e. The van der Waals surface area contributed by atoms with Gasteiger partial charge in [0.15, 0.2) is 0 Å². The Morgan fingerprint density at radius 3 is 2.50 bits per heavy atom. The highest BCUT2D eigenvalue weighted by molar-refractivity contribution is 5.49. The number of allylic oxidation sites excluding steroid dienone is 6. The molecule has 0 saturated heterocycles. The van der Waals surface area contributed by atoms with Gasteiger partial charge < -0.3 is 5.11 Å². The zero-order valence-corrected chi connectivity index (χ0v) is 9.03. The average Bonchev–Trinajstić information content (AvgIpc) is 2.34. The summed E-state index contributed by atoms with van der Waals surface area (Å²) in [6.45, 7) is 0.0783. The molecule has 16 heavy (non-hydrogen) atoms. The lowest BCUT2D eigenvalue weighted by atomic mass is 10.2. The van der Waals surface area contributed by atoms with Gasteiger partial charge in [-0.15, -0.1) is 0 Å². The van der Waals surface area contributed by atoms with Crippen molar-refractivity contribution in [1.82, 2.24) is 4.98 Å². The summed E-state index contributed by atoms with van der Waals surface area (Å²) in [5, 5.41) is 8.48. The van der Waals surface area contributed by atoms with Crippen LogP contribution in [0.4, 0.5) is 0 Å². The topological polar surface area (TPSA) is 33.1 Å². The Hall–Kier alpha value is -1.93.